The number of benzene rings is 1. The van der Waals surface area contributed by atoms with Crippen LogP contribution in [-0.4, -0.2) is 36.8 Å². The van der Waals surface area contributed by atoms with Crippen molar-refractivity contribution in [3.63, 3.8) is 0 Å². The van der Waals surface area contributed by atoms with Crippen LogP contribution in [0.4, 0.5) is 0 Å². The van der Waals surface area contributed by atoms with E-state index in [4.69, 9.17) is 21.1 Å². The molecule has 6 nitrogen and oxygen atoms in total. The molecule has 2 rings (SSSR count). The third-order valence-electron chi connectivity index (χ3n) is 2.68. The average Bonchev–Trinajstić information content (AvgIpc) is 2.92. The molecule has 118 valence electrons. The highest BCUT2D eigenvalue weighted by Crippen LogP contribution is 2.32. The van der Waals surface area contributed by atoms with E-state index in [-0.39, 0.29) is 5.91 Å². The standard InChI is InChI=1S/C14H16ClN3O3S/c1-3-4-21-12-6-10(15)9(5-11(12)20-2)7-16-18-14-17-13(19)8-22-14/h5-7H,3-4,8H2,1-2H3,(H,17,18,19). The van der Waals surface area contributed by atoms with Crippen LogP contribution in [0.15, 0.2) is 22.3 Å². The molecule has 0 aliphatic carbocycles. The third kappa shape index (κ3) is 4.38. The van der Waals surface area contributed by atoms with Crippen molar-refractivity contribution in [2.24, 2.45) is 10.2 Å². The molecule has 0 unspecified atom stereocenters. The van der Waals surface area contributed by atoms with Crippen molar-refractivity contribution in [2.45, 2.75) is 13.3 Å². The van der Waals surface area contributed by atoms with Gasteiger partial charge < -0.3 is 14.8 Å². The lowest BCUT2D eigenvalue weighted by Gasteiger charge is -2.11. The predicted molar refractivity (Wildman–Crippen MR) is 89.4 cm³/mol. The van der Waals surface area contributed by atoms with Gasteiger partial charge in [-0.3, -0.25) is 4.79 Å². The molecular formula is C14H16ClN3O3S. The number of hydrogen-bond acceptors (Lipinski definition) is 6. The van der Waals surface area contributed by atoms with Crippen molar-refractivity contribution in [3.8, 4) is 11.5 Å². The van der Waals surface area contributed by atoms with Gasteiger partial charge >= 0.3 is 0 Å². The summed E-state index contributed by atoms with van der Waals surface area (Å²) in [5.74, 6) is 1.47. The van der Waals surface area contributed by atoms with E-state index in [1.165, 1.54) is 18.0 Å². The predicted octanol–water partition coefficient (Wildman–Crippen LogP) is 2.69. The summed E-state index contributed by atoms with van der Waals surface area (Å²) < 4.78 is 10.9. The fourth-order valence-electron chi connectivity index (χ4n) is 1.66. The van der Waals surface area contributed by atoms with Gasteiger partial charge in [0.1, 0.15) is 0 Å². The summed E-state index contributed by atoms with van der Waals surface area (Å²) in [6.07, 6.45) is 2.40. The highest BCUT2D eigenvalue weighted by molar-refractivity contribution is 8.15. The van der Waals surface area contributed by atoms with Gasteiger partial charge in [0.15, 0.2) is 16.7 Å². The lowest BCUT2D eigenvalue weighted by molar-refractivity contribution is -0.116. The number of methoxy groups -OCH3 is 1. The lowest BCUT2D eigenvalue weighted by Crippen LogP contribution is -2.19. The van der Waals surface area contributed by atoms with E-state index < -0.39 is 0 Å². The monoisotopic (exact) mass is 341 g/mol. The van der Waals surface area contributed by atoms with Crippen molar-refractivity contribution < 1.29 is 14.3 Å². The Labute approximate surface area is 137 Å². The van der Waals surface area contributed by atoms with Crippen molar-refractivity contribution >= 4 is 40.7 Å². The number of thioether (sulfide) groups is 1. The Morgan fingerprint density at radius 2 is 2.27 bits per heavy atom. The zero-order chi connectivity index (χ0) is 15.9. The van der Waals surface area contributed by atoms with Crippen molar-refractivity contribution in [2.75, 3.05) is 19.5 Å². The Kier molecular flexibility index (Phi) is 6.09. The second-order valence-corrected chi connectivity index (χ2v) is 5.73. The Bertz CT molecular complexity index is 620. The van der Waals surface area contributed by atoms with Crippen LogP contribution >= 0.6 is 23.4 Å². The lowest BCUT2D eigenvalue weighted by atomic mass is 10.2. The minimum absolute atomic E-state index is 0.0731. The number of ether oxygens (including phenoxy) is 2. The maximum absolute atomic E-state index is 11.0. The quantitative estimate of drug-likeness (QED) is 0.638. The molecule has 1 aromatic carbocycles. The molecule has 1 aliphatic rings. The van der Waals surface area contributed by atoms with Gasteiger partial charge in [-0.15, -0.1) is 5.10 Å². The molecule has 1 aromatic rings. The largest absolute Gasteiger partial charge is 0.493 e. The molecule has 0 spiro atoms. The highest BCUT2D eigenvalue weighted by Gasteiger charge is 2.16. The van der Waals surface area contributed by atoms with Crippen LogP contribution in [0.5, 0.6) is 11.5 Å². The van der Waals surface area contributed by atoms with Gasteiger partial charge in [0.25, 0.3) is 0 Å². The van der Waals surface area contributed by atoms with E-state index in [1.807, 2.05) is 6.92 Å². The van der Waals surface area contributed by atoms with Gasteiger partial charge in [-0.2, -0.15) is 5.10 Å². The van der Waals surface area contributed by atoms with Gasteiger partial charge in [-0.05, 0) is 12.5 Å². The van der Waals surface area contributed by atoms with Gasteiger partial charge in [0.05, 0.1) is 30.7 Å². The molecule has 0 bridgehead atoms. The van der Waals surface area contributed by atoms with Crippen molar-refractivity contribution in [1.29, 1.82) is 0 Å². The maximum atomic E-state index is 11.0. The van der Waals surface area contributed by atoms with Crippen LogP contribution in [0.25, 0.3) is 0 Å². The summed E-state index contributed by atoms with van der Waals surface area (Å²) in [6, 6.07) is 3.42. The van der Waals surface area contributed by atoms with E-state index in [9.17, 15) is 4.79 Å². The van der Waals surface area contributed by atoms with E-state index in [1.54, 1.807) is 19.2 Å². The second kappa shape index (κ2) is 8.05. The molecule has 0 atom stereocenters. The van der Waals surface area contributed by atoms with Crippen LogP contribution in [-0.2, 0) is 4.79 Å². The normalized spacial score (nSPS) is 16.3. The number of amidine groups is 1. The van der Waals surface area contributed by atoms with Crippen LogP contribution in [0.1, 0.15) is 18.9 Å². The minimum Gasteiger partial charge on any atom is -0.493 e. The van der Waals surface area contributed by atoms with E-state index in [0.717, 1.165) is 6.42 Å². The van der Waals surface area contributed by atoms with Crippen molar-refractivity contribution in [3.05, 3.63) is 22.7 Å². The fraction of sp³-hybridized carbons (Fsp3) is 0.357. The van der Waals surface area contributed by atoms with Crippen LogP contribution in [0, 0.1) is 0 Å². The Hall–Kier alpha value is -1.73. The topological polar surface area (TPSA) is 72.3 Å². The van der Waals surface area contributed by atoms with E-state index in [2.05, 4.69) is 15.5 Å². The number of nitrogens with zero attached hydrogens (tertiary/aromatic N) is 2. The van der Waals surface area contributed by atoms with E-state index in [0.29, 0.717) is 39.6 Å². The molecule has 1 aliphatic heterocycles. The third-order valence-corrected chi connectivity index (χ3v) is 3.87. The summed E-state index contributed by atoms with van der Waals surface area (Å²) in [6.45, 7) is 2.61. The smallest absolute Gasteiger partial charge is 0.236 e. The zero-order valence-corrected chi connectivity index (χ0v) is 13.8. The second-order valence-electron chi connectivity index (χ2n) is 4.36. The molecule has 1 heterocycles. The number of nitrogens with one attached hydrogen (secondary N) is 1. The van der Waals surface area contributed by atoms with Crippen LogP contribution < -0.4 is 14.8 Å². The molecule has 0 saturated carbocycles. The first kappa shape index (κ1) is 16.6. The molecular weight excluding hydrogens is 326 g/mol. The van der Waals surface area contributed by atoms with Crippen LogP contribution in [0.3, 0.4) is 0 Å². The highest BCUT2D eigenvalue weighted by atomic mass is 35.5. The van der Waals surface area contributed by atoms with Crippen LogP contribution in [0.2, 0.25) is 5.02 Å². The molecule has 8 heteroatoms. The number of amides is 1. The molecule has 1 saturated heterocycles. The summed E-state index contributed by atoms with van der Waals surface area (Å²) in [7, 11) is 1.56. The molecule has 22 heavy (non-hydrogen) atoms. The minimum atomic E-state index is -0.0731. The number of rotatable bonds is 6. The van der Waals surface area contributed by atoms with Gasteiger partial charge in [-0.1, -0.05) is 30.3 Å². The Morgan fingerprint density at radius 3 is 2.91 bits per heavy atom. The zero-order valence-electron chi connectivity index (χ0n) is 12.3. The first-order chi connectivity index (χ1) is 10.6. The fourth-order valence-corrected chi connectivity index (χ4v) is 2.49. The number of carbonyl (C=O) groups is 1. The summed E-state index contributed by atoms with van der Waals surface area (Å²) >= 11 is 7.51. The average molecular weight is 342 g/mol. The number of halogens is 1. The number of hydrogen-bond donors (Lipinski definition) is 1. The van der Waals surface area contributed by atoms with Gasteiger partial charge in [0.2, 0.25) is 5.91 Å². The SMILES string of the molecule is CCCOc1cc(Cl)c(C=NN=C2NC(=O)CS2)cc1OC. The van der Waals surface area contributed by atoms with E-state index >= 15 is 0 Å². The summed E-state index contributed by atoms with van der Waals surface area (Å²) in [5, 5.41) is 11.4. The Morgan fingerprint density at radius 1 is 1.45 bits per heavy atom. The first-order valence-electron chi connectivity index (χ1n) is 6.68. The number of carbonyl (C=O) groups excluding carboxylic acids is 1. The molecule has 1 N–H and O–H groups in total. The molecule has 1 amide bonds. The maximum Gasteiger partial charge on any atom is 0.236 e. The Balaban J connectivity index is 2.15. The summed E-state index contributed by atoms with van der Waals surface area (Å²) in [5.41, 5.74) is 0.654. The first-order valence-corrected chi connectivity index (χ1v) is 8.04. The van der Waals surface area contributed by atoms with Gasteiger partial charge in [-0.25, -0.2) is 0 Å². The molecule has 1 fully saturated rings. The summed E-state index contributed by atoms with van der Waals surface area (Å²) in [4.78, 5) is 11.0. The molecule has 0 radical (unpaired) electrons. The van der Waals surface area contributed by atoms with Crippen molar-refractivity contribution in [1.82, 2.24) is 5.32 Å². The van der Waals surface area contributed by atoms with Gasteiger partial charge in [0, 0.05) is 11.6 Å². The molecule has 0 aromatic heterocycles.